The Hall–Kier alpha value is -1.96. The van der Waals surface area contributed by atoms with Crippen LogP contribution in [0.25, 0.3) is 0 Å². The molecule has 0 unspecified atom stereocenters. The Morgan fingerprint density at radius 1 is 1.00 bits per heavy atom. The fourth-order valence-electron chi connectivity index (χ4n) is 1.67. The van der Waals surface area contributed by atoms with Crippen LogP contribution in [0.2, 0.25) is 0 Å². The van der Waals surface area contributed by atoms with Crippen LogP contribution in [0.15, 0.2) is 54.6 Å². The summed E-state index contributed by atoms with van der Waals surface area (Å²) in [6, 6.07) is 18.2. The maximum Gasteiger partial charge on any atom is 0.155 e. The molecule has 0 aliphatic heterocycles. The van der Waals surface area contributed by atoms with Crippen LogP contribution in [-0.4, -0.2) is 7.05 Å². The molecule has 2 aromatic rings. The highest BCUT2D eigenvalue weighted by atomic mass is 16.7. The minimum absolute atomic E-state index is 0.871. The molecular weight excluding hydrogens is 210 g/mol. The van der Waals surface area contributed by atoms with Crippen molar-refractivity contribution in [3.8, 4) is 5.75 Å². The van der Waals surface area contributed by atoms with Gasteiger partial charge in [0.15, 0.2) is 5.75 Å². The van der Waals surface area contributed by atoms with E-state index in [1.54, 1.807) is 5.06 Å². The standard InChI is InChI=1S/C15H17NO/c1-3-13-8-7-11-15(12-13)17-16(2)14-9-5-4-6-10-14/h4-12H,3H2,1-2H3. The third-order valence-electron chi connectivity index (χ3n) is 2.67. The molecule has 0 atom stereocenters. The third-order valence-corrected chi connectivity index (χ3v) is 2.67. The van der Waals surface area contributed by atoms with Crippen LogP contribution in [0.4, 0.5) is 5.69 Å². The van der Waals surface area contributed by atoms with Gasteiger partial charge in [-0.05, 0) is 36.2 Å². The molecule has 2 nitrogen and oxygen atoms in total. The number of aryl methyl sites for hydroxylation is 1. The summed E-state index contributed by atoms with van der Waals surface area (Å²) in [5.74, 6) is 0.871. The van der Waals surface area contributed by atoms with E-state index in [1.807, 2.05) is 49.5 Å². The molecule has 0 aliphatic rings. The summed E-state index contributed by atoms with van der Waals surface area (Å²) in [5.41, 5.74) is 2.32. The smallest absolute Gasteiger partial charge is 0.155 e. The van der Waals surface area contributed by atoms with E-state index in [9.17, 15) is 0 Å². The zero-order chi connectivity index (χ0) is 12.1. The summed E-state index contributed by atoms with van der Waals surface area (Å²) < 4.78 is 0. The van der Waals surface area contributed by atoms with E-state index >= 15 is 0 Å². The second-order valence-corrected chi connectivity index (χ2v) is 3.93. The number of anilines is 1. The molecule has 0 aromatic heterocycles. The van der Waals surface area contributed by atoms with E-state index in [-0.39, 0.29) is 0 Å². The van der Waals surface area contributed by atoms with Gasteiger partial charge in [-0.3, -0.25) is 0 Å². The molecule has 0 saturated carbocycles. The number of para-hydroxylation sites is 1. The van der Waals surface area contributed by atoms with Gasteiger partial charge in [0.05, 0.1) is 5.69 Å². The molecule has 0 saturated heterocycles. The fourth-order valence-corrected chi connectivity index (χ4v) is 1.67. The lowest BCUT2D eigenvalue weighted by atomic mass is 10.2. The predicted molar refractivity (Wildman–Crippen MR) is 71.3 cm³/mol. The van der Waals surface area contributed by atoms with Crippen molar-refractivity contribution in [3.05, 3.63) is 60.2 Å². The average Bonchev–Trinajstić information content (AvgIpc) is 2.40. The lowest BCUT2D eigenvalue weighted by Gasteiger charge is -2.19. The monoisotopic (exact) mass is 227 g/mol. The van der Waals surface area contributed by atoms with Crippen molar-refractivity contribution in [2.45, 2.75) is 13.3 Å². The van der Waals surface area contributed by atoms with Gasteiger partial charge in [-0.15, -0.1) is 0 Å². The van der Waals surface area contributed by atoms with Gasteiger partial charge in [-0.1, -0.05) is 37.3 Å². The van der Waals surface area contributed by atoms with Crippen LogP contribution in [0.3, 0.4) is 0 Å². The number of nitrogens with zero attached hydrogens (tertiary/aromatic N) is 1. The van der Waals surface area contributed by atoms with E-state index in [0.29, 0.717) is 0 Å². The zero-order valence-electron chi connectivity index (χ0n) is 10.3. The minimum atomic E-state index is 0.871. The Morgan fingerprint density at radius 2 is 1.76 bits per heavy atom. The minimum Gasteiger partial charge on any atom is -0.380 e. The number of benzene rings is 2. The molecule has 0 aliphatic carbocycles. The second-order valence-electron chi connectivity index (χ2n) is 3.93. The largest absolute Gasteiger partial charge is 0.380 e. The van der Waals surface area contributed by atoms with Crippen molar-refractivity contribution in [1.82, 2.24) is 0 Å². The molecule has 0 N–H and O–H groups in total. The number of hydroxylamine groups is 1. The zero-order valence-corrected chi connectivity index (χ0v) is 10.3. The van der Waals surface area contributed by atoms with Gasteiger partial charge >= 0.3 is 0 Å². The van der Waals surface area contributed by atoms with Crippen LogP contribution in [-0.2, 0) is 6.42 Å². The third kappa shape index (κ3) is 3.00. The first kappa shape index (κ1) is 11.5. The van der Waals surface area contributed by atoms with Gasteiger partial charge in [0.25, 0.3) is 0 Å². The maximum atomic E-state index is 5.78. The van der Waals surface area contributed by atoms with E-state index < -0.39 is 0 Å². The molecule has 0 amide bonds. The Balaban J connectivity index is 2.10. The van der Waals surface area contributed by atoms with Crippen molar-refractivity contribution in [2.75, 3.05) is 12.1 Å². The summed E-state index contributed by atoms with van der Waals surface area (Å²) in [5, 5.41) is 1.77. The molecule has 17 heavy (non-hydrogen) atoms. The van der Waals surface area contributed by atoms with Crippen molar-refractivity contribution >= 4 is 5.69 Å². The summed E-state index contributed by atoms with van der Waals surface area (Å²) in [4.78, 5) is 5.78. The predicted octanol–water partition coefficient (Wildman–Crippen LogP) is 3.68. The van der Waals surface area contributed by atoms with Crippen molar-refractivity contribution in [1.29, 1.82) is 0 Å². The van der Waals surface area contributed by atoms with E-state index in [2.05, 4.69) is 19.1 Å². The van der Waals surface area contributed by atoms with E-state index in [4.69, 9.17) is 4.84 Å². The maximum absolute atomic E-state index is 5.78. The summed E-state index contributed by atoms with van der Waals surface area (Å²) in [6.45, 7) is 2.14. The first-order chi connectivity index (χ1) is 8.29. The summed E-state index contributed by atoms with van der Waals surface area (Å²) in [6.07, 6.45) is 1.02. The second kappa shape index (κ2) is 5.39. The Morgan fingerprint density at radius 3 is 2.47 bits per heavy atom. The van der Waals surface area contributed by atoms with Gasteiger partial charge in [0.2, 0.25) is 0 Å². The Labute approximate surface area is 102 Å². The van der Waals surface area contributed by atoms with Crippen LogP contribution in [0.5, 0.6) is 5.75 Å². The molecule has 0 bridgehead atoms. The topological polar surface area (TPSA) is 12.5 Å². The molecule has 88 valence electrons. The van der Waals surface area contributed by atoms with Crippen LogP contribution in [0, 0.1) is 0 Å². The Bertz CT molecular complexity index is 467. The number of hydrogen-bond donors (Lipinski definition) is 0. The quantitative estimate of drug-likeness (QED) is 0.739. The molecule has 2 aromatic carbocycles. The molecule has 0 fully saturated rings. The van der Waals surface area contributed by atoms with Crippen molar-refractivity contribution < 1.29 is 4.84 Å². The highest BCUT2D eigenvalue weighted by Gasteiger charge is 2.02. The molecular formula is C15H17NO. The first-order valence-electron chi connectivity index (χ1n) is 5.85. The highest BCUT2D eigenvalue weighted by molar-refractivity contribution is 5.43. The highest BCUT2D eigenvalue weighted by Crippen LogP contribution is 2.18. The SMILES string of the molecule is CCc1cccc(ON(C)c2ccccc2)c1. The molecule has 2 heteroatoms. The van der Waals surface area contributed by atoms with E-state index in [1.165, 1.54) is 5.56 Å². The fraction of sp³-hybridized carbons (Fsp3) is 0.200. The van der Waals surface area contributed by atoms with Gasteiger partial charge < -0.3 is 4.84 Å². The van der Waals surface area contributed by atoms with Crippen LogP contribution in [0.1, 0.15) is 12.5 Å². The average molecular weight is 227 g/mol. The molecule has 0 spiro atoms. The number of rotatable bonds is 4. The van der Waals surface area contributed by atoms with Crippen molar-refractivity contribution in [3.63, 3.8) is 0 Å². The molecule has 2 rings (SSSR count). The lowest BCUT2D eigenvalue weighted by molar-refractivity contribution is 0.303. The van der Waals surface area contributed by atoms with Crippen LogP contribution >= 0.6 is 0 Å². The lowest BCUT2D eigenvalue weighted by Crippen LogP contribution is -2.21. The van der Waals surface area contributed by atoms with Gasteiger partial charge in [-0.25, -0.2) is 5.06 Å². The number of hydrogen-bond acceptors (Lipinski definition) is 2. The normalized spacial score (nSPS) is 10.0. The molecule has 0 heterocycles. The summed E-state index contributed by atoms with van der Waals surface area (Å²) >= 11 is 0. The molecule has 0 radical (unpaired) electrons. The van der Waals surface area contributed by atoms with Gasteiger partial charge in [0.1, 0.15) is 0 Å². The van der Waals surface area contributed by atoms with Crippen LogP contribution < -0.4 is 9.90 Å². The van der Waals surface area contributed by atoms with Crippen molar-refractivity contribution in [2.24, 2.45) is 0 Å². The van der Waals surface area contributed by atoms with E-state index in [0.717, 1.165) is 17.9 Å². The first-order valence-corrected chi connectivity index (χ1v) is 5.85. The summed E-state index contributed by atoms with van der Waals surface area (Å²) in [7, 11) is 1.91. The Kier molecular flexibility index (Phi) is 3.66. The van der Waals surface area contributed by atoms with Gasteiger partial charge in [0, 0.05) is 7.05 Å². The van der Waals surface area contributed by atoms with Gasteiger partial charge in [-0.2, -0.15) is 0 Å².